The van der Waals surface area contributed by atoms with Gasteiger partial charge in [0.05, 0.1) is 6.61 Å². The molecule has 0 saturated carbocycles. The van der Waals surface area contributed by atoms with E-state index < -0.39 is 5.97 Å². The van der Waals surface area contributed by atoms with Crippen molar-refractivity contribution >= 4 is 33.8 Å². The molecule has 0 saturated heterocycles. The predicted octanol–water partition coefficient (Wildman–Crippen LogP) is 4.54. The van der Waals surface area contributed by atoms with Crippen LogP contribution in [-0.2, 0) is 4.74 Å². The largest absolute Gasteiger partial charge is 0.460 e. The van der Waals surface area contributed by atoms with E-state index in [0.717, 1.165) is 22.0 Å². The molecule has 0 aliphatic carbocycles. The second-order valence-corrected chi connectivity index (χ2v) is 5.83. The van der Waals surface area contributed by atoms with Gasteiger partial charge >= 0.3 is 5.97 Å². The number of fused-ring (bicyclic) bond motifs is 1. The molecule has 0 radical (unpaired) electrons. The third-order valence-electron chi connectivity index (χ3n) is 3.18. The van der Waals surface area contributed by atoms with E-state index >= 15 is 0 Å². The Morgan fingerprint density at radius 3 is 2.61 bits per heavy atom. The number of carbonyl (C=O) groups is 2. The molecule has 0 unspecified atom stereocenters. The summed E-state index contributed by atoms with van der Waals surface area (Å²) in [5.41, 5.74) is 1.24. The topological polar surface area (TPSA) is 56.5 Å². The minimum atomic E-state index is -0.488. The minimum Gasteiger partial charge on any atom is -0.460 e. The number of hydrogen-bond donors (Lipinski definition) is 0. The third kappa shape index (κ3) is 3.46. The van der Waals surface area contributed by atoms with Crippen LogP contribution in [0, 0.1) is 0 Å². The number of carbonyl (C=O) groups excluding carboxylic acids is 2. The number of esters is 1. The van der Waals surface area contributed by atoms with E-state index in [2.05, 4.69) is 0 Å². The van der Waals surface area contributed by atoms with Crippen molar-refractivity contribution in [2.75, 3.05) is 6.61 Å². The van der Waals surface area contributed by atoms with Gasteiger partial charge in [-0.3, -0.25) is 4.79 Å². The van der Waals surface area contributed by atoms with Crippen molar-refractivity contribution in [1.82, 2.24) is 0 Å². The fourth-order valence-electron chi connectivity index (χ4n) is 2.13. The molecule has 116 valence electrons. The van der Waals surface area contributed by atoms with Gasteiger partial charge in [0.25, 0.3) is 0 Å². The first-order valence-electron chi connectivity index (χ1n) is 7.15. The van der Waals surface area contributed by atoms with Crippen molar-refractivity contribution < 1.29 is 18.7 Å². The van der Waals surface area contributed by atoms with Crippen LogP contribution in [0.4, 0.5) is 0 Å². The molecule has 0 aliphatic heterocycles. The molecule has 23 heavy (non-hydrogen) atoms. The summed E-state index contributed by atoms with van der Waals surface area (Å²) in [6, 6.07) is 16.1. The molecule has 0 fully saturated rings. The second-order valence-electron chi connectivity index (χ2n) is 4.79. The van der Waals surface area contributed by atoms with Gasteiger partial charge in [0.2, 0.25) is 10.9 Å². The Kier molecular flexibility index (Phi) is 4.48. The third-order valence-corrected chi connectivity index (χ3v) is 4.10. The van der Waals surface area contributed by atoms with Crippen LogP contribution >= 0.6 is 11.8 Å². The zero-order chi connectivity index (χ0) is 16.2. The summed E-state index contributed by atoms with van der Waals surface area (Å²) in [6.07, 6.45) is 0. The summed E-state index contributed by atoms with van der Waals surface area (Å²) in [5, 5.41) is 0.734. The number of rotatable bonds is 4. The highest BCUT2D eigenvalue weighted by molar-refractivity contribution is 8.14. The SMILES string of the molecule is CCOC(=O)c1cc2cc(SC(=O)c3ccccc3)ccc2o1. The van der Waals surface area contributed by atoms with Gasteiger partial charge < -0.3 is 9.15 Å². The maximum Gasteiger partial charge on any atom is 0.374 e. The van der Waals surface area contributed by atoms with Crippen molar-refractivity contribution in [1.29, 1.82) is 0 Å². The molecule has 2 aromatic carbocycles. The Labute approximate surface area is 137 Å². The quantitative estimate of drug-likeness (QED) is 0.520. The van der Waals surface area contributed by atoms with Gasteiger partial charge in [0, 0.05) is 15.8 Å². The molecule has 0 atom stereocenters. The molecule has 0 amide bonds. The maximum absolute atomic E-state index is 12.2. The van der Waals surface area contributed by atoms with Crippen LogP contribution in [0.25, 0.3) is 11.0 Å². The predicted molar refractivity (Wildman–Crippen MR) is 88.8 cm³/mol. The Hall–Kier alpha value is -2.53. The Morgan fingerprint density at radius 1 is 1.09 bits per heavy atom. The summed E-state index contributed by atoms with van der Waals surface area (Å²) < 4.78 is 10.4. The highest BCUT2D eigenvalue weighted by Crippen LogP contribution is 2.28. The fourth-order valence-corrected chi connectivity index (χ4v) is 2.92. The zero-order valence-corrected chi connectivity index (χ0v) is 13.3. The number of furan rings is 1. The molecule has 0 spiro atoms. The average molecular weight is 326 g/mol. The van der Waals surface area contributed by atoms with E-state index in [-0.39, 0.29) is 10.9 Å². The first-order valence-corrected chi connectivity index (χ1v) is 7.97. The lowest BCUT2D eigenvalue weighted by Crippen LogP contribution is -2.02. The smallest absolute Gasteiger partial charge is 0.374 e. The molecule has 1 aromatic heterocycles. The number of benzene rings is 2. The second kappa shape index (κ2) is 6.71. The average Bonchev–Trinajstić information content (AvgIpc) is 2.99. The monoisotopic (exact) mass is 326 g/mol. The highest BCUT2D eigenvalue weighted by Gasteiger charge is 2.14. The summed E-state index contributed by atoms with van der Waals surface area (Å²) >= 11 is 1.14. The highest BCUT2D eigenvalue weighted by atomic mass is 32.2. The van der Waals surface area contributed by atoms with Crippen molar-refractivity contribution in [2.45, 2.75) is 11.8 Å². The normalized spacial score (nSPS) is 10.7. The summed E-state index contributed by atoms with van der Waals surface area (Å²) in [4.78, 5) is 24.7. The van der Waals surface area contributed by atoms with Crippen LogP contribution in [0.1, 0.15) is 27.8 Å². The van der Waals surface area contributed by atoms with Gasteiger partial charge in [-0.1, -0.05) is 30.3 Å². The van der Waals surface area contributed by atoms with Crippen molar-refractivity contribution in [2.24, 2.45) is 0 Å². The number of thioether (sulfide) groups is 1. The molecule has 0 N–H and O–H groups in total. The van der Waals surface area contributed by atoms with Crippen LogP contribution in [-0.4, -0.2) is 17.7 Å². The number of hydrogen-bond acceptors (Lipinski definition) is 5. The standard InChI is InChI=1S/C18H14O4S/c1-2-21-17(19)16-11-13-10-14(8-9-15(13)22-16)23-18(20)12-6-4-3-5-7-12/h3-11H,2H2,1H3. The first kappa shape index (κ1) is 15.4. The zero-order valence-electron chi connectivity index (χ0n) is 12.4. The van der Waals surface area contributed by atoms with Crippen molar-refractivity contribution in [3.8, 4) is 0 Å². The van der Waals surface area contributed by atoms with Crippen LogP contribution in [0.2, 0.25) is 0 Å². The Balaban J connectivity index is 1.83. The van der Waals surface area contributed by atoms with Crippen molar-refractivity contribution in [3.63, 3.8) is 0 Å². The van der Waals surface area contributed by atoms with E-state index in [9.17, 15) is 9.59 Å². The summed E-state index contributed by atoms with van der Waals surface area (Å²) in [5.74, 6) is -0.323. The van der Waals surface area contributed by atoms with Gasteiger partial charge in [-0.2, -0.15) is 0 Å². The lowest BCUT2D eigenvalue weighted by molar-refractivity contribution is 0.0492. The fraction of sp³-hybridized carbons (Fsp3) is 0.111. The van der Waals surface area contributed by atoms with E-state index in [0.29, 0.717) is 17.8 Å². The molecular weight excluding hydrogens is 312 g/mol. The van der Waals surface area contributed by atoms with Crippen LogP contribution in [0.3, 0.4) is 0 Å². The van der Waals surface area contributed by atoms with Gasteiger partial charge in [-0.05, 0) is 43.0 Å². The molecule has 1 heterocycles. The number of ether oxygens (including phenoxy) is 1. The maximum atomic E-state index is 12.2. The molecule has 0 aliphatic rings. The molecule has 5 heteroatoms. The Morgan fingerprint density at radius 2 is 1.87 bits per heavy atom. The molecule has 4 nitrogen and oxygen atoms in total. The van der Waals surface area contributed by atoms with E-state index in [1.165, 1.54) is 0 Å². The van der Waals surface area contributed by atoms with E-state index in [1.807, 2.05) is 24.3 Å². The van der Waals surface area contributed by atoms with Gasteiger partial charge in [-0.25, -0.2) is 4.79 Å². The lowest BCUT2D eigenvalue weighted by atomic mass is 10.2. The molecule has 3 rings (SSSR count). The van der Waals surface area contributed by atoms with Crippen LogP contribution in [0.5, 0.6) is 0 Å². The first-order chi connectivity index (χ1) is 11.2. The minimum absolute atomic E-state index is 0.0286. The van der Waals surface area contributed by atoms with Gasteiger partial charge in [0.1, 0.15) is 5.58 Å². The van der Waals surface area contributed by atoms with Crippen LogP contribution < -0.4 is 0 Å². The lowest BCUT2D eigenvalue weighted by Gasteiger charge is -2.00. The molecule has 3 aromatic rings. The molecule has 0 bridgehead atoms. The molecular formula is C18H14O4S. The van der Waals surface area contributed by atoms with E-state index in [1.54, 1.807) is 37.3 Å². The van der Waals surface area contributed by atoms with Gasteiger partial charge in [0.15, 0.2) is 0 Å². The van der Waals surface area contributed by atoms with Crippen LogP contribution in [0.15, 0.2) is 63.9 Å². The Bertz CT molecular complexity index is 852. The van der Waals surface area contributed by atoms with Crippen molar-refractivity contribution in [3.05, 3.63) is 65.9 Å². The van der Waals surface area contributed by atoms with Gasteiger partial charge in [-0.15, -0.1) is 0 Å². The summed E-state index contributed by atoms with van der Waals surface area (Å²) in [6.45, 7) is 2.03. The van der Waals surface area contributed by atoms with E-state index in [4.69, 9.17) is 9.15 Å². The summed E-state index contributed by atoms with van der Waals surface area (Å²) in [7, 11) is 0.